The molecule has 17 heavy (non-hydrogen) atoms. The van der Waals surface area contributed by atoms with Gasteiger partial charge in [0.15, 0.2) is 0 Å². The second kappa shape index (κ2) is 6.58. The van der Waals surface area contributed by atoms with Crippen LogP contribution in [0.2, 0.25) is 0 Å². The Morgan fingerprint density at radius 1 is 1.41 bits per heavy atom. The smallest absolute Gasteiger partial charge is 0.227 e. The summed E-state index contributed by atoms with van der Waals surface area (Å²) in [6.07, 6.45) is 0. The topological polar surface area (TPSA) is 67.6 Å². The lowest BCUT2D eigenvalue weighted by atomic mass is 10.0. The molecule has 0 bridgehead atoms. The zero-order chi connectivity index (χ0) is 12.1. The van der Waals surface area contributed by atoms with E-state index in [0.717, 1.165) is 19.6 Å². The fourth-order valence-corrected chi connectivity index (χ4v) is 3.11. The Hall–Kier alpha value is -0.300. The molecular weight excluding hydrogens is 238 g/mol. The number of nitrogens with zero attached hydrogens (tertiary/aromatic N) is 1. The number of hydrogen-bond acceptors (Lipinski definition) is 5. The third-order valence-electron chi connectivity index (χ3n) is 3.29. The molecule has 0 radical (unpaired) electrons. The number of hydrogen-bond donors (Lipinski definition) is 2. The Morgan fingerprint density at radius 2 is 2.18 bits per heavy atom. The van der Waals surface area contributed by atoms with Crippen molar-refractivity contribution in [3.63, 3.8) is 0 Å². The molecule has 0 aromatic rings. The largest absolute Gasteiger partial charge is 0.379 e. The molecule has 0 saturated carbocycles. The van der Waals surface area contributed by atoms with Gasteiger partial charge in [0.25, 0.3) is 0 Å². The van der Waals surface area contributed by atoms with E-state index in [4.69, 9.17) is 10.5 Å². The molecule has 3 N–H and O–H groups in total. The van der Waals surface area contributed by atoms with Gasteiger partial charge >= 0.3 is 0 Å². The third-order valence-corrected chi connectivity index (χ3v) is 4.23. The highest BCUT2D eigenvalue weighted by atomic mass is 32.2. The van der Waals surface area contributed by atoms with Crippen molar-refractivity contribution < 1.29 is 9.53 Å². The molecule has 0 spiro atoms. The average molecular weight is 259 g/mol. The fourth-order valence-electron chi connectivity index (χ4n) is 2.13. The first-order valence-electron chi connectivity index (χ1n) is 6.18. The van der Waals surface area contributed by atoms with Crippen molar-refractivity contribution >= 4 is 17.7 Å². The van der Waals surface area contributed by atoms with Crippen LogP contribution in [0.3, 0.4) is 0 Å². The highest BCUT2D eigenvalue weighted by Crippen LogP contribution is 2.11. The number of carbonyl (C=O) groups excluding carboxylic acids is 1. The summed E-state index contributed by atoms with van der Waals surface area (Å²) in [5.41, 5.74) is 5.80. The molecule has 2 aliphatic rings. The minimum absolute atomic E-state index is 0.0429. The lowest BCUT2D eigenvalue weighted by Crippen LogP contribution is -2.44. The van der Waals surface area contributed by atoms with Gasteiger partial charge in [-0.25, -0.2) is 0 Å². The first-order chi connectivity index (χ1) is 8.27. The van der Waals surface area contributed by atoms with Crippen molar-refractivity contribution in [1.29, 1.82) is 0 Å². The summed E-state index contributed by atoms with van der Waals surface area (Å²) in [6, 6.07) is -0.138. The molecular formula is C11H21N3O2S. The molecule has 5 nitrogen and oxygen atoms in total. The van der Waals surface area contributed by atoms with E-state index >= 15 is 0 Å². The van der Waals surface area contributed by atoms with Gasteiger partial charge < -0.3 is 15.8 Å². The molecule has 2 heterocycles. The SMILES string of the molecule is NC1COCC1C(=O)NCCN1CCSCC1. The Bertz CT molecular complexity index is 259. The maximum absolute atomic E-state index is 11.8. The predicted octanol–water partition coefficient (Wildman–Crippen LogP) is -0.875. The van der Waals surface area contributed by atoms with Crippen molar-refractivity contribution in [2.45, 2.75) is 6.04 Å². The van der Waals surface area contributed by atoms with Gasteiger partial charge in [0.1, 0.15) is 0 Å². The molecule has 0 aromatic heterocycles. The van der Waals surface area contributed by atoms with Gasteiger partial charge in [-0.3, -0.25) is 9.69 Å². The van der Waals surface area contributed by atoms with Crippen LogP contribution in [-0.2, 0) is 9.53 Å². The Morgan fingerprint density at radius 3 is 2.82 bits per heavy atom. The molecule has 2 atom stereocenters. The fraction of sp³-hybridized carbons (Fsp3) is 0.909. The number of nitrogens with one attached hydrogen (secondary N) is 1. The van der Waals surface area contributed by atoms with Crippen molar-refractivity contribution in [2.24, 2.45) is 11.7 Å². The normalized spacial score (nSPS) is 30.4. The summed E-state index contributed by atoms with van der Waals surface area (Å²) in [5, 5.41) is 2.95. The highest BCUT2D eigenvalue weighted by Gasteiger charge is 2.30. The van der Waals surface area contributed by atoms with Gasteiger partial charge in [-0.15, -0.1) is 0 Å². The second-order valence-electron chi connectivity index (χ2n) is 4.55. The van der Waals surface area contributed by atoms with E-state index in [2.05, 4.69) is 10.2 Å². The van der Waals surface area contributed by atoms with E-state index < -0.39 is 0 Å². The lowest BCUT2D eigenvalue weighted by Gasteiger charge is -2.26. The zero-order valence-corrected chi connectivity index (χ0v) is 10.9. The van der Waals surface area contributed by atoms with Crippen molar-refractivity contribution in [1.82, 2.24) is 10.2 Å². The van der Waals surface area contributed by atoms with Crippen molar-refractivity contribution in [2.75, 3.05) is 50.9 Å². The monoisotopic (exact) mass is 259 g/mol. The van der Waals surface area contributed by atoms with Gasteiger partial charge in [-0.2, -0.15) is 11.8 Å². The Balaban J connectivity index is 1.62. The molecule has 2 fully saturated rings. The average Bonchev–Trinajstić information content (AvgIpc) is 2.77. The van der Waals surface area contributed by atoms with E-state index in [9.17, 15) is 4.79 Å². The summed E-state index contributed by atoms with van der Waals surface area (Å²) in [6.45, 7) is 4.88. The first-order valence-corrected chi connectivity index (χ1v) is 7.34. The maximum Gasteiger partial charge on any atom is 0.227 e. The molecule has 2 aliphatic heterocycles. The van der Waals surface area contributed by atoms with Gasteiger partial charge in [-0.05, 0) is 0 Å². The number of nitrogens with two attached hydrogens (primary N) is 1. The van der Waals surface area contributed by atoms with Crippen molar-refractivity contribution in [3.8, 4) is 0 Å². The number of ether oxygens (including phenoxy) is 1. The quantitative estimate of drug-likeness (QED) is 0.687. The standard InChI is InChI=1S/C11H21N3O2S/c12-10-8-16-7-9(10)11(15)13-1-2-14-3-5-17-6-4-14/h9-10H,1-8,12H2,(H,13,15). The van der Waals surface area contributed by atoms with Crippen LogP contribution in [0.1, 0.15) is 0 Å². The van der Waals surface area contributed by atoms with Crippen LogP contribution in [0.4, 0.5) is 0 Å². The second-order valence-corrected chi connectivity index (χ2v) is 5.78. The summed E-state index contributed by atoms with van der Waals surface area (Å²) in [5.74, 6) is 2.29. The lowest BCUT2D eigenvalue weighted by molar-refractivity contribution is -0.125. The van der Waals surface area contributed by atoms with E-state index in [0.29, 0.717) is 19.8 Å². The van der Waals surface area contributed by atoms with E-state index in [1.165, 1.54) is 11.5 Å². The van der Waals surface area contributed by atoms with E-state index in [1.807, 2.05) is 11.8 Å². The minimum atomic E-state index is -0.160. The summed E-state index contributed by atoms with van der Waals surface area (Å²) in [7, 11) is 0. The maximum atomic E-state index is 11.8. The zero-order valence-electron chi connectivity index (χ0n) is 10.1. The van der Waals surface area contributed by atoms with Gasteiger partial charge in [0.2, 0.25) is 5.91 Å². The van der Waals surface area contributed by atoms with Crippen LogP contribution in [0.5, 0.6) is 0 Å². The molecule has 0 aromatic carbocycles. The van der Waals surface area contributed by atoms with E-state index in [-0.39, 0.29) is 17.9 Å². The molecule has 2 saturated heterocycles. The predicted molar refractivity (Wildman–Crippen MR) is 69.1 cm³/mol. The van der Waals surface area contributed by atoms with Crippen LogP contribution in [0.25, 0.3) is 0 Å². The van der Waals surface area contributed by atoms with Crippen molar-refractivity contribution in [3.05, 3.63) is 0 Å². The van der Waals surface area contributed by atoms with Gasteiger partial charge in [-0.1, -0.05) is 0 Å². The van der Waals surface area contributed by atoms with E-state index in [1.54, 1.807) is 0 Å². The molecule has 98 valence electrons. The van der Waals surface area contributed by atoms with Gasteiger partial charge in [0.05, 0.1) is 19.1 Å². The Labute approximate surface area is 106 Å². The summed E-state index contributed by atoms with van der Waals surface area (Å²) >= 11 is 2.00. The first kappa shape index (κ1) is 13.1. The highest BCUT2D eigenvalue weighted by molar-refractivity contribution is 7.99. The van der Waals surface area contributed by atoms with Gasteiger partial charge in [0, 0.05) is 43.7 Å². The summed E-state index contributed by atoms with van der Waals surface area (Å²) < 4.78 is 5.19. The number of amides is 1. The third kappa shape index (κ3) is 3.84. The van der Waals surface area contributed by atoms with Crippen LogP contribution < -0.4 is 11.1 Å². The number of thioether (sulfide) groups is 1. The van der Waals surface area contributed by atoms with Crippen LogP contribution in [-0.4, -0.2) is 67.7 Å². The van der Waals surface area contributed by atoms with Crippen LogP contribution >= 0.6 is 11.8 Å². The minimum Gasteiger partial charge on any atom is -0.379 e. The van der Waals surface area contributed by atoms with Crippen LogP contribution in [0, 0.1) is 5.92 Å². The Kier molecular flexibility index (Phi) is 5.09. The molecule has 6 heteroatoms. The molecule has 0 aliphatic carbocycles. The summed E-state index contributed by atoms with van der Waals surface area (Å²) in [4.78, 5) is 14.2. The van der Waals surface area contributed by atoms with Crippen LogP contribution in [0.15, 0.2) is 0 Å². The number of carbonyl (C=O) groups is 1. The molecule has 1 amide bonds. The number of rotatable bonds is 4. The molecule has 2 unspecified atom stereocenters. The molecule has 2 rings (SSSR count).